The minimum absolute atomic E-state index is 0.101. The Kier molecular flexibility index (Phi) is 3.78. The molecule has 0 bridgehead atoms. The lowest BCUT2D eigenvalue weighted by molar-refractivity contribution is 0.00525. The Morgan fingerprint density at radius 2 is 2.30 bits per heavy atom. The summed E-state index contributed by atoms with van der Waals surface area (Å²) in [4.78, 5) is 6.57. The zero-order valence-corrected chi connectivity index (χ0v) is 11.8. The molecule has 2 aliphatic heterocycles. The van der Waals surface area contributed by atoms with Gasteiger partial charge in [0.1, 0.15) is 11.9 Å². The van der Waals surface area contributed by atoms with Crippen molar-refractivity contribution in [1.29, 1.82) is 0 Å². The van der Waals surface area contributed by atoms with Gasteiger partial charge in [0.05, 0.1) is 19.3 Å². The van der Waals surface area contributed by atoms with Crippen LogP contribution in [0.25, 0.3) is 0 Å². The fourth-order valence-electron chi connectivity index (χ4n) is 2.68. The van der Waals surface area contributed by atoms with Gasteiger partial charge in [-0.15, -0.1) is 0 Å². The molecule has 0 spiro atoms. The molecule has 2 atom stereocenters. The monoisotopic (exact) mass is 275 g/mol. The van der Waals surface area contributed by atoms with Crippen LogP contribution in [-0.4, -0.2) is 49.3 Å². The minimum atomic E-state index is 0.101. The Morgan fingerprint density at radius 3 is 3.10 bits per heavy atom. The number of hydrogen-bond donors (Lipinski definition) is 1. The van der Waals surface area contributed by atoms with Crippen molar-refractivity contribution in [3.8, 4) is 5.75 Å². The van der Waals surface area contributed by atoms with Gasteiger partial charge in [0.15, 0.2) is 5.96 Å². The number of rotatable bonds is 2. The van der Waals surface area contributed by atoms with Crippen LogP contribution in [0.5, 0.6) is 5.75 Å². The number of aliphatic imine (C=N–C) groups is 1. The molecule has 5 heteroatoms. The van der Waals surface area contributed by atoms with Crippen molar-refractivity contribution < 1.29 is 9.47 Å². The third kappa shape index (κ3) is 2.88. The van der Waals surface area contributed by atoms with Crippen LogP contribution in [0.1, 0.15) is 12.5 Å². The summed E-state index contributed by atoms with van der Waals surface area (Å²) in [6, 6.07) is 8.14. The first-order chi connectivity index (χ1) is 9.72. The van der Waals surface area contributed by atoms with E-state index in [9.17, 15) is 0 Å². The van der Waals surface area contributed by atoms with E-state index in [0.29, 0.717) is 19.1 Å². The highest BCUT2D eigenvalue weighted by Gasteiger charge is 2.23. The Balaban J connectivity index is 1.56. The van der Waals surface area contributed by atoms with Gasteiger partial charge in [-0.2, -0.15) is 0 Å². The second-order valence-electron chi connectivity index (χ2n) is 5.38. The maximum Gasteiger partial charge on any atom is 0.191 e. The lowest BCUT2D eigenvalue weighted by Crippen LogP contribution is -2.48. The molecular formula is C15H21N3O2. The first kappa shape index (κ1) is 13.2. The maximum absolute atomic E-state index is 6.06. The number of hydrogen-bond acceptors (Lipinski definition) is 3. The second-order valence-corrected chi connectivity index (χ2v) is 5.38. The number of morpholine rings is 1. The quantitative estimate of drug-likeness (QED) is 0.647. The highest BCUT2D eigenvalue weighted by Crippen LogP contribution is 2.28. The number of fused-ring (bicyclic) bond motifs is 1. The highest BCUT2D eigenvalue weighted by molar-refractivity contribution is 5.78. The average Bonchev–Trinajstić information content (AvgIpc) is 2.87. The molecular weight excluding hydrogens is 254 g/mol. The number of guanidine groups is 1. The molecule has 1 fully saturated rings. The maximum atomic E-state index is 6.06. The normalized spacial score (nSPS) is 26.2. The van der Waals surface area contributed by atoms with Gasteiger partial charge in [-0.05, 0) is 18.6 Å². The van der Waals surface area contributed by atoms with Crippen LogP contribution in [0.3, 0.4) is 0 Å². The van der Waals surface area contributed by atoms with Crippen LogP contribution in [0.4, 0.5) is 0 Å². The van der Waals surface area contributed by atoms with Crippen LogP contribution in [0.15, 0.2) is 29.3 Å². The molecule has 20 heavy (non-hydrogen) atoms. The number of benzene rings is 1. The molecule has 0 aliphatic carbocycles. The summed E-state index contributed by atoms with van der Waals surface area (Å²) in [6.45, 7) is 4.98. The largest absolute Gasteiger partial charge is 0.488 e. The first-order valence-corrected chi connectivity index (χ1v) is 7.13. The summed E-state index contributed by atoms with van der Waals surface area (Å²) >= 11 is 0. The zero-order chi connectivity index (χ0) is 13.9. The van der Waals surface area contributed by atoms with Gasteiger partial charge in [-0.1, -0.05) is 18.2 Å². The lowest BCUT2D eigenvalue weighted by atomic mass is 10.1. The average molecular weight is 275 g/mol. The van der Waals surface area contributed by atoms with Crippen LogP contribution < -0.4 is 10.5 Å². The molecule has 0 amide bonds. The Bertz CT molecular complexity index is 479. The fraction of sp³-hybridized carbons (Fsp3) is 0.533. The summed E-state index contributed by atoms with van der Waals surface area (Å²) in [7, 11) is 0. The van der Waals surface area contributed by atoms with E-state index in [4.69, 9.17) is 15.2 Å². The third-order valence-corrected chi connectivity index (χ3v) is 3.74. The number of ether oxygens (including phenoxy) is 2. The fourth-order valence-corrected chi connectivity index (χ4v) is 2.68. The smallest absolute Gasteiger partial charge is 0.191 e. The van der Waals surface area contributed by atoms with Crippen molar-refractivity contribution in [2.24, 2.45) is 10.7 Å². The summed E-state index contributed by atoms with van der Waals surface area (Å²) in [5.41, 5.74) is 7.31. The van der Waals surface area contributed by atoms with Crippen LogP contribution in [-0.2, 0) is 11.2 Å². The number of nitrogens with two attached hydrogens (primary N) is 1. The summed E-state index contributed by atoms with van der Waals surface area (Å²) < 4.78 is 11.4. The van der Waals surface area contributed by atoms with Crippen LogP contribution in [0.2, 0.25) is 0 Å². The van der Waals surface area contributed by atoms with Gasteiger partial charge in [0.2, 0.25) is 0 Å². The van der Waals surface area contributed by atoms with Gasteiger partial charge >= 0.3 is 0 Å². The Morgan fingerprint density at radius 1 is 1.45 bits per heavy atom. The predicted molar refractivity (Wildman–Crippen MR) is 78.0 cm³/mol. The summed E-state index contributed by atoms with van der Waals surface area (Å²) in [6.07, 6.45) is 1.22. The van der Waals surface area contributed by atoms with Gasteiger partial charge in [-0.3, -0.25) is 0 Å². The standard InChI is InChI=1S/C15H21N3O2/c1-11-10-18(6-7-19-11)15(16)17-9-13-8-12-4-2-3-5-14(12)20-13/h2-5,11,13H,6-10H2,1H3,(H2,16,17). The molecule has 2 unspecified atom stereocenters. The summed E-state index contributed by atoms with van der Waals surface area (Å²) in [5.74, 6) is 1.57. The highest BCUT2D eigenvalue weighted by atomic mass is 16.5. The molecule has 1 saturated heterocycles. The molecule has 0 aromatic heterocycles. The molecule has 0 saturated carbocycles. The first-order valence-electron chi connectivity index (χ1n) is 7.13. The van der Waals surface area contributed by atoms with Crippen molar-refractivity contribution in [3.05, 3.63) is 29.8 Å². The topological polar surface area (TPSA) is 60.1 Å². The minimum Gasteiger partial charge on any atom is -0.488 e. The van der Waals surface area contributed by atoms with Crippen molar-refractivity contribution in [2.75, 3.05) is 26.2 Å². The predicted octanol–water partition coefficient (Wildman–Crippen LogP) is 1.03. The molecule has 3 rings (SSSR count). The molecule has 0 radical (unpaired) electrons. The van der Waals surface area contributed by atoms with Crippen LogP contribution >= 0.6 is 0 Å². The van der Waals surface area contributed by atoms with E-state index in [1.807, 2.05) is 18.2 Å². The van der Waals surface area contributed by atoms with Gasteiger partial charge in [0, 0.05) is 19.5 Å². The molecule has 2 heterocycles. The van der Waals surface area contributed by atoms with Gasteiger partial charge in [-0.25, -0.2) is 4.99 Å². The number of nitrogens with zero attached hydrogens (tertiary/aromatic N) is 2. The molecule has 1 aromatic carbocycles. The summed E-state index contributed by atoms with van der Waals surface area (Å²) in [5, 5.41) is 0. The molecule has 2 N–H and O–H groups in total. The molecule has 2 aliphatic rings. The van der Waals surface area contributed by atoms with Crippen molar-refractivity contribution in [1.82, 2.24) is 4.90 Å². The van der Waals surface area contributed by atoms with Crippen molar-refractivity contribution in [2.45, 2.75) is 25.6 Å². The van der Waals surface area contributed by atoms with Gasteiger partial charge < -0.3 is 20.1 Å². The third-order valence-electron chi connectivity index (χ3n) is 3.74. The molecule has 108 valence electrons. The Labute approximate surface area is 119 Å². The van der Waals surface area contributed by atoms with Crippen LogP contribution in [0, 0.1) is 0 Å². The molecule has 1 aromatic rings. The molecule has 5 nitrogen and oxygen atoms in total. The van der Waals surface area contributed by atoms with E-state index in [2.05, 4.69) is 22.9 Å². The van der Waals surface area contributed by atoms with E-state index in [1.165, 1.54) is 5.56 Å². The van der Waals surface area contributed by atoms with E-state index < -0.39 is 0 Å². The SMILES string of the molecule is CC1CN(C(N)=NCC2Cc3ccccc3O2)CCO1. The second kappa shape index (κ2) is 5.71. The van der Waals surface area contributed by atoms with Crippen molar-refractivity contribution in [3.63, 3.8) is 0 Å². The van der Waals surface area contributed by atoms with E-state index >= 15 is 0 Å². The van der Waals surface area contributed by atoms with E-state index in [0.717, 1.165) is 25.3 Å². The Hall–Kier alpha value is -1.75. The van der Waals surface area contributed by atoms with E-state index in [1.54, 1.807) is 0 Å². The van der Waals surface area contributed by atoms with Gasteiger partial charge in [0.25, 0.3) is 0 Å². The zero-order valence-electron chi connectivity index (χ0n) is 11.8. The van der Waals surface area contributed by atoms with Crippen molar-refractivity contribution >= 4 is 5.96 Å². The number of para-hydroxylation sites is 1. The lowest BCUT2D eigenvalue weighted by Gasteiger charge is -2.31. The van der Waals surface area contributed by atoms with E-state index in [-0.39, 0.29) is 12.2 Å².